The Labute approximate surface area is 108 Å². The second-order valence-corrected chi connectivity index (χ2v) is 5.70. The maximum Gasteiger partial charge on any atom is 0.175 e. The zero-order valence-electron chi connectivity index (χ0n) is 10.6. The predicted molar refractivity (Wildman–Crippen MR) is 67.9 cm³/mol. The maximum absolute atomic E-state index is 6.42. The van der Waals surface area contributed by atoms with E-state index in [4.69, 9.17) is 11.6 Å². The van der Waals surface area contributed by atoms with E-state index in [1.807, 2.05) is 0 Å². The van der Waals surface area contributed by atoms with Gasteiger partial charge in [0, 0.05) is 11.8 Å². The molecule has 0 spiro atoms. The first kappa shape index (κ1) is 12.8. The van der Waals surface area contributed by atoms with Crippen molar-refractivity contribution in [1.29, 1.82) is 0 Å². The molecule has 0 aliphatic heterocycles. The number of nitrogens with zero attached hydrogens (tertiary/aromatic N) is 4. The topological polar surface area (TPSA) is 43.6 Å². The lowest BCUT2D eigenvalue weighted by molar-refractivity contribution is 0.254. The van der Waals surface area contributed by atoms with Gasteiger partial charge in [-0.25, -0.2) is 0 Å². The minimum absolute atomic E-state index is 0.284. The zero-order chi connectivity index (χ0) is 12.3. The third-order valence-electron chi connectivity index (χ3n) is 3.69. The molecule has 1 heterocycles. The first-order chi connectivity index (χ1) is 8.19. The van der Waals surface area contributed by atoms with Crippen LogP contribution in [0.2, 0.25) is 0 Å². The van der Waals surface area contributed by atoms with E-state index < -0.39 is 0 Å². The number of alkyl halides is 1. The van der Waals surface area contributed by atoms with E-state index in [0.29, 0.717) is 5.92 Å². The van der Waals surface area contributed by atoms with Crippen LogP contribution in [0.4, 0.5) is 0 Å². The third-order valence-corrected chi connectivity index (χ3v) is 4.26. The average molecular weight is 257 g/mol. The molecule has 0 radical (unpaired) electrons. The first-order valence-corrected chi connectivity index (χ1v) is 6.99. The normalized spacial score (nSPS) is 29.5. The molecule has 0 amide bonds. The number of aryl methyl sites for hydroxylation is 1. The molecule has 2 rings (SSSR count). The molecular formula is C12H21ClN4. The second kappa shape index (κ2) is 5.80. The van der Waals surface area contributed by atoms with Crippen LogP contribution in [-0.4, -0.2) is 25.6 Å². The number of aromatic nitrogens is 4. The summed E-state index contributed by atoms with van der Waals surface area (Å²) >= 11 is 6.42. The van der Waals surface area contributed by atoms with E-state index in [-0.39, 0.29) is 5.38 Å². The average Bonchev–Trinajstić information content (AvgIpc) is 2.69. The van der Waals surface area contributed by atoms with Gasteiger partial charge in [-0.05, 0) is 36.3 Å². The van der Waals surface area contributed by atoms with Crippen molar-refractivity contribution in [2.75, 3.05) is 0 Å². The molecule has 96 valence electrons. The first-order valence-electron chi connectivity index (χ1n) is 6.56. The van der Waals surface area contributed by atoms with Gasteiger partial charge in [0.25, 0.3) is 0 Å². The fourth-order valence-corrected chi connectivity index (χ4v) is 3.16. The smallest absolute Gasteiger partial charge is 0.167 e. The molecular weight excluding hydrogens is 236 g/mol. The number of hydrogen-bond acceptors (Lipinski definition) is 3. The Morgan fingerprint density at radius 1 is 1.41 bits per heavy atom. The van der Waals surface area contributed by atoms with E-state index in [9.17, 15) is 0 Å². The standard InChI is InChI=1S/C12H21ClN4/c1-3-4-9-5-6-11(13)10(7-9)8-12-14-16-17(2)15-12/h9-11H,3-8H2,1-2H3. The third kappa shape index (κ3) is 3.41. The Kier molecular flexibility index (Phi) is 4.37. The molecule has 1 saturated carbocycles. The highest BCUT2D eigenvalue weighted by molar-refractivity contribution is 6.20. The van der Waals surface area contributed by atoms with Crippen LogP contribution < -0.4 is 0 Å². The summed E-state index contributed by atoms with van der Waals surface area (Å²) in [6.45, 7) is 2.26. The summed E-state index contributed by atoms with van der Waals surface area (Å²) < 4.78 is 0. The van der Waals surface area contributed by atoms with Crippen LogP contribution in [0.3, 0.4) is 0 Å². The van der Waals surface area contributed by atoms with Gasteiger partial charge in [0.1, 0.15) is 0 Å². The molecule has 1 aromatic heterocycles. The fraction of sp³-hybridized carbons (Fsp3) is 0.917. The van der Waals surface area contributed by atoms with Crippen LogP contribution in [0.25, 0.3) is 0 Å². The zero-order valence-corrected chi connectivity index (χ0v) is 11.4. The lowest BCUT2D eigenvalue weighted by Crippen LogP contribution is -2.27. The van der Waals surface area contributed by atoms with Gasteiger partial charge in [-0.3, -0.25) is 0 Å². The van der Waals surface area contributed by atoms with E-state index in [2.05, 4.69) is 22.3 Å². The van der Waals surface area contributed by atoms with Gasteiger partial charge in [-0.15, -0.1) is 21.8 Å². The minimum atomic E-state index is 0.284. The Hall–Kier alpha value is -0.640. The molecule has 4 nitrogen and oxygen atoms in total. The molecule has 0 saturated heterocycles. The summed E-state index contributed by atoms with van der Waals surface area (Å²) in [5.74, 6) is 2.20. The largest absolute Gasteiger partial charge is 0.175 e. The van der Waals surface area contributed by atoms with Crippen LogP contribution in [0, 0.1) is 11.8 Å². The molecule has 1 fully saturated rings. The van der Waals surface area contributed by atoms with Crippen LogP contribution in [0.15, 0.2) is 0 Å². The van der Waals surface area contributed by atoms with Crippen molar-refractivity contribution in [2.45, 2.75) is 50.8 Å². The molecule has 5 heteroatoms. The van der Waals surface area contributed by atoms with Gasteiger partial charge in [0.2, 0.25) is 0 Å². The number of halogens is 1. The molecule has 0 aromatic carbocycles. The van der Waals surface area contributed by atoms with Crippen molar-refractivity contribution < 1.29 is 0 Å². The highest BCUT2D eigenvalue weighted by atomic mass is 35.5. The van der Waals surface area contributed by atoms with Crippen LogP contribution in [0.5, 0.6) is 0 Å². The Morgan fingerprint density at radius 3 is 2.88 bits per heavy atom. The van der Waals surface area contributed by atoms with Crippen molar-refractivity contribution in [3.05, 3.63) is 5.82 Å². The SMILES string of the molecule is CCCC1CCC(Cl)C(Cc2nnn(C)n2)C1. The van der Waals surface area contributed by atoms with Crippen molar-refractivity contribution in [1.82, 2.24) is 20.2 Å². The molecule has 17 heavy (non-hydrogen) atoms. The minimum Gasteiger partial charge on any atom is -0.167 e. The number of rotatable bonds is 4. The quantitative estimate of drug-likeness (QED) is 0.778. The van der Waals surface area contributed by atoms with Gasteiger partial charge < -0.3 is 0 Å². The highest BCUT2D eigenvalue weighted by Gasteiger charge is 2.29. The van der Waals surface area contributed by atoms with Crippen LogP contribution in [-0.2, 0) is 13.5 Å². The molecule has 1 aromatic rings. The molecule has 3 unspecified atom stereocenters. The lowest BCUT2D eigenvalue weighted by Gasteiger charge is -2.32. The maximum atomic E-state index is 6.42. The van der Waals surface area contributed by atoms with Gasteiger partial charge in [0.15, 0.2) is 5.82 Å². The number of hydrogen-bond donors (Lipinski definition) is 0. The van der Waals surface area contributed by atoms with Gasteiger partial charge >= 0.3 is 0 Å². The van der Waals surface area contributed by atoms with Gasteiger partial charge in [-0.1, -0.05) is 19.8 Å². The summed E-state index contributed by atoms with van der Waals surface area (Å²) in [4.78, 5) is 1.52. The highest BCUT2D eigenvalue weighted by Crippen LogP contribution is 2.36. The van der Waals surface area contributed by atoms with E-state index in [0.717, 1.165) is 24.6 Å². The summed E-state index contributed by atoms with van der Waals surface area (Å²) in [6.07, 6.45) is 7.12. The summed E-state index contributed by atoms with van der Waals surface area (Å²) in [6, 6.07) is 0. The Bertz CT molecular complexity index is 352. The van der Waals surface area contributed by atoms with Gasteiger partial charge in [-0.2, -0.15) is 4.80 Å². The predicted octanol–water partition coefficient (Wildman–Crippen LogP) is 2.58. The van der Waals surface area contributed by atoms with Crippen molar-refractivity contribution in [2.24, 2.45) is 18.9 Å². The fourth-order valence-electron chi connectivity index (χ4n) is 2.85. The molecule has 1 aliphatic carbocycles. The van der Waals surface area contributed by atoms with Gasteiger partial charge in [0.05, 0.1) is 7.05 Å². The van der Waals surface area contributed by atoms with Crippen molar-refractivity contribution in [3.63, 3.8) is 0 Å². The van der Waals surface area contributed by atoms with E-state index >= 15 is 0 Å². The Morgan fingerprint density at radius 2 is 2.24 bits per heavy atom. The van der Waals surface area contributed by atoms with Crippen LogP contribution in [0.1, 0.15) is 44.9 Å². The lowest BCUT2D eigenvalue weighted by atomic mass is 9.77. The van der Waals surface area contributed by atoms with E-state index in [1.165, 1.54) is 30.5 Å². The van der Waals surface area contributed by atoms with Crippen LogP contribution >= 0.6 is 11.6 Å². The molecule has 0 N–H and O–H groups in total. The number of tetrazole rings is 1. The second-order valence-electron chi connectivity index (χ2n) is 5.14. The van der Waals surface area contributed by atoms with E-state index in [1.54, 1.807) is 7.05 Å². The summed E-state index contributed by atoms with van der Waals surface area (Å²) in [5, 5.41) is 12.5. The molecule has 1 aliphatic rings. The summed E-state index contributed by atoms with van der Waals surface area (Å²) in [5.41, 5.74) is 0. The summed E-state index contributed by atoms with van der Waals surface area (Å²) in [7, 11) is 1.80. The monoisotopic (exact) mass is 256 g/mol. The van der Waals surface area contributed by atoms with Crippen molar-refractivity contribution >= 4 is 11.6 Å². The van der Waals surface area contributed by atoms with Crippen molar-refractivity contribution in [3.8, 4) is 0 Å². The molecule has 3 atom stereocenters. The Balaban J connectivity index is 1.93. The molecule has 0 bridgehead atoms.